The zero-order valence-electron chi connectivity index (χ0n) is 27.5. The van der Waals surface area contributed by atoms with Gasteiger partial charge in [0.05, 0.1) is 28.1 Å². The Balaban J connectivity index is 1.26. The van der Waals surface area contributed by atoms with E-state index in [0.29, 0.717) is 5.82 Å². The van der Waals surface area contributed by atoms with Crippen molar-refractivity contribution in [2.24, 2.45) is 0 Å². The highest BCUT2D eigenvalue weighted by Gasteiger charge is 2.22. The fourth-order valence-corrected chi connectivity index (χ4v) is 7.18. The number of para-hydroxylation sites is 1. The topological polar surface area (TPSA) is 56.0 Å². The van der Waals surface area contributed by atoms with Crippen molar-refractivity contribution < 1.29 is 0 Å². The van der Waals surface area contributed by atoms with Gasteiger partial charge >= 0.3 is 0 Å². The second kappa shape index (κ2) is 11.9. The first kappa shape index (κ1) is 29.0. The number of imidazole rings is 1. The van der Waals surface area contributed by atoms with Gasteiger partial charge in [-0.15, -0.1) is 0 Å². The maximum Gasteiger partial charge on any atom is 0.160 e. The fraction of sp³-hybridized carbons (Fsp3) is 0. The van der Waals surface area contributed by atoms with Crippen molar-refractivity contribution >= 4 is 38.4 Å². The van der Waals surface area contributed by atoms with Crippen LogP contribution >= 0.6 is 0 Å². The molecule has 4 aromatic heterocycles. The highest BCUT2D eigenvalue weighted by Crippen LogP contribution is 2.42. The number of aromatic nitrogens is 5. The molecule has 0 atom stereocenters. The van der Waals surface area contributed by atoms with Crippen molar-refractivity contribution in [3.05, 3.63) is 176 Å². The van der Waals surface area contributed by atoms with E-state index in [2.05, 4.69) is 138 Å². The number of benzene rings is 6. The zero-order valence-corrected chi connectivity index (χ0v) is 27.5. The van der Waals surface area contributed by atoms with E-state index in [1.807, 2.05) is 42.5 Å². The van der Waals surface area contributed by atoms with Gasteiger partial charge in [0.2, 0.25) is 0 Å². The molecule has 51 heavy (non-hydrogen) atoms. The van der Waals surface area contributed by atoms with E-state index in [1.165, 1.54) is 5.39 Å². The molecular weight excluding hydrogens is 623 g/mol. The van der Waals surface area contributed by atoms with E-state index in [4.69, 9.17) is 19.9 Å². The van der Waals surface area contributed by atoms with Crippen molar-refractivity contribution in [2.75, 3.05) is 0 Å². The largest absolute Gasteiger partial charge is 0.298 e. The lowest BCUT2D eigenvalue weighted by atomic mass is 9.92. The van der Waals surface area contributed by atoms with E-state index in [0.717, 1.165) is 83.4 Å². The minimum Gasteiger partial charge on any atom is -0.298 e. The molecule has 238 valence electrons. The van der Waals surface area contributed by atoms with Crippen LogP contribution < -0.4 is 0 Å². The Kier molecular flexibility index (Phi) is 6.74. The number of hydrogen-bond donors (Lipinski definition) is 0. The summed E-state index contributed by atoms with van der Waals surface area (Å²) in [5, 5.41) is 3.37. The quantitative estimate of drug-likeness (QED) is 0.186. The molecule has 0 saturated heterocycles. The lowest BCUT2D eigenvalue weighted by Crippen LogP contribution is -2.01. The van der Waals surface area contributed by atoms with Gasteiger partial charge in [0.1, 0.15) is 11.2 Å². The lowest BCUT2D eigenvalue weighted by molar-refractivity contribution is 1.19. The number of nitrogens with zero attached hydrogens (tertiary/aromatic N) is 5. The second-order valence-electron chi connectivity index (χ2n) is 12.7. The van der Waals surface area contributed by atoms with Crippen molar-refractivity contribution in [1.29, 1.82) is 0 Å². The molecule has 0 spiro atoms. The molecule has 4 heterocycles. The Bertz CT molecular complexity index is 2850. The molecule has 10 rings (SSSR count). The van der Waals surface area contributed by atoms with Crippen LogP contribution in [0.4, 0.5) is 0 Å². The molecule has 0 amide bonds. The van der Waals surface area contributed by atoms with Crippen LogP contribution in [0.5, 0.6) is 0 Å². The monoisotopic (exact) mass is 651 g/mol. The van der Waals surface area contributed by atoms with Crippen molar-refractivity contribution in [3.8, 4) is 56.3 Å². The predicted molar refractivity (Wildman–Crippen MR) is 208 cm³/mol. The van der Waals surface area contributed by atoms with E-state index in [1.54, 1.807) is 0 Å². The molecule has 5 nitrogen and oxygen atoms in total. The second-order valence-corrected chi connectivity index (χ2v) is 12.7. The normalized spacial score (nSPS) is 11.5. The van der Waals surface area contributed by atoms with Gasteiger partial charge in [0.25, 0.3) is 0 Å². The smallest absolute Gasteiger partial charge is 0.160 e. The first-order valence-electron chi connectivity index (χ1n) is 17.1. The van der Waals surface area contributed by atoms with Gasteiger partial charge < -0.3 is 0 Å². The number of hydrogen-bond acceptors (Lipinski definition) is 4. The van der Waals surface area contributed by atoms with Crippen LogP contribution in [-0.4, -0.2) is 24.3 Å². The number of rotatable bonds is 5. The molecule has 0 bridgehead atoms. The van der Waals surface area contributed by atoms with Crippen LogP contribution in [0.1, 0.15) is 0 Å². The van der Waals surface area contributed by atoms with Crippen LogP contribution in [0.3, 0.4) is 0 Å². The van der Waals surface area contributed by atoms with Crippen LogP contribution in [0, 0.1) is 0 Å². The summed E-state index contributed by atoms with van der Waals surface area (Å²) in [6.45, 7) is 0. The maximum absolute atomic E-state index is 5.37. The third-order valence-corrected chi connectivity index (χ3v) is 9.58. The van der Waals surface area contributed by atoms with Gasteiger partial charge in [-0.25, -0.2) is 19.9 Å². The molecule has 0 N–H and O–H groups in total. The standard InChI is InChI=1S/C46H29N5/c1-3-15-31(16-4-1)41-40(42(32-17-5-2-6-18-32)50-46(49-41)36-26-25-30-14-7-8-19-33(30)28-36)34-20-13-21-35(29-34)43-45-44(37-22-9-10-23-38(37)47-43)48-39-24-11-12-27-51(39)45/h1-29H. The number of fused-ring (bicyclic) bond motifs is 6. The Hall–Kier alpha value is -6.98. The van der Waals surface area contributed by atoms with E-state index in [9.17, 15) is 0 Å². The summed E-state index contributed by atoms with van der Waals surface area (Å²) >= 11 is 0. The van der Waals surface area contributed by atoms with Crippen molar-refractivity contribution in [2.45, 2.75) is 0 Å². The third kappa shape index (κ3) is 4.94. The minimum absolute atomic E-state index is 0.682. The van der Waals surface area contributed by atoms with Gasteiger partial charge in [-0.1, -0.05) is 140 Å². The molecule has 0 aliphatic rings. The Morgan fingerprint density at radius 1 is 0.392 bits per heavy atom. The Morgan fingerprint density at radius 3 is 1.82 bits per heavy atom. The average molecular weight is 652 g/mol. The van der Waals surface area contributed by atoms with Gasteiger partial charge in [-0.2, -0.15) is 0 Å². The van der Waals surface area contributed by atoms with Crippen molar-refractivity contribution in [3.63, 3.8) is 0 Å². The molecule has 0 saturated carbocycles. The lowest BCUT2D eigenvalue weighted by Gasteiger charge is -2.18. The van der Waals surface area contributed by atoms with Crippen molar-refractivity contribution in [1.82, 2.24) is 24.3 Å². The SMILES string of the molecule is c1ccc(-c2nc(-c3ccc4ccccc4c3)nc(-c3ccccc3)c2-c2cccc(-c3nc4ccccc4c4nc5ccccn5c34)c2)cc1. The summed E-state index contributed by atoms with van der Waals surface area (Å²) in [7, 11) is 0. The summed E-state index contributed by atoms with van der Waals surface area (Å²) in [6, 6.07) is 58.7. The fourth-order valence-electron chi connectivity index (χ4n) is 7.18. The molecule has 0 aliphatic heterocycles. The molecule has 6 aromatic carbocycles. The zero-order chi connectivity index (χ0) is 33.7. The predicted octanol–water partition coefficient (Wildman–Crippen LogP) is 11.3. The van der Waals surface area contributed by atoms with Gasteiger partial charge in [-0.05, 0) is 46.7 Å². The van der Waals surface area contributed by atoms with Gasteiger partial charge in [-0.3, -0.25) is 4.40 Å². The first-order chi connectivity index (χ1) is 25.3. The Morgan fingerprint density at radius 2 is 1.04 bits per heavy atom. The highest BCUT2D eigenvalue weighted by molar-refractivity contribution is 6.09. The minimum atomic E-state index is 0.682. The molecule has 0 unspecified atom stereocenters. The summed E-state index contributed by atoms with van der Waals surface area (Å²) in [5.41, 5.74) is 12.3. The van der Waals surface area contributed by atoms with Gasteiger partial charge in [0, 0.05) is 39.4 Å². The number of pyridine rings is 2. The molecule has 5 heteroatoms. The van der Waals surface area contributed by atoms with Crippen LogP contribution in [0.15, 0.2) is 176 Å². The molecule has 0 aliphatic carbocycles. The average Bonchev–Trinajstić information content (AvgIpc) is 3.61. The van der Waals surface area contributed by atoms with Gasteiger partial charge in [0.15, 0.2) is 5.82 Å². The summed E-state index contributed by atoms with van der Waals surface area (Å²) < 4.78 is 2.14. The van der Waals surface area contributed by atoms with E-state index in [-0.39, 0.29) is 0 Å². The highest BCUT2D eigenvalue weighted by atomic mass is 15.0. The summed E-state index contributed by atoms with van der Waals surface area (Å²) in [4.78, 5) is 21.1. The molecule has 0 radical (unpaired) electrons. The summed E-state index contributed by atoms with van der Waals surface area (Å²) in [6.07, 6.45) is 2.06. The van der Waals surface area contributed by atoms with E-state index < -0.39 is 0 Å². The molecule has 10 aromatic rings. The Labute approximate surface area is 294 Å². The van der Waals surface area contributed by atoms with Crippen LogP contribution in [0.25, 0.3) is 94.6 Å². The summed E-state index contributed by atoms with van der Waals surface area (Å²) in [5.74, 6) is 0.682. The molecule has 0 fully saturated rings. The first-order valence-corrected chi connectivity index (χ1v) is 17.1. The van der Waals surface area contributed by atoms with E-state index >= 15 is 0 Å². The maximum atomic E-state index is 5.37. The third-order valence-electron chi connectivity index (χ3n) is 9.58. The molecular formula is C46H29N5. The van der Waals surface area contributed by atoms with Crippen LogP contribution in [0.2, 0.25) is 0 Å². The van der Waals surface area contributed by atoms with Crippen LogP contribution in [-0.2, 0) is 0 Å².